The first kappa shape index (κ1) is 12.3. The zero-order valence-electron chi connectivity index (χ0n) is 10.3. The van der Waals surface area contributed by atoms with Crippen LogP contribution >= 0.6 is 11.3 Å². The van der Waals surface area contributed by atoms with Gasteiger partial charge in [0.25, 0.3) is 0 Å². The molecule has 0 saturated carbocycles. The highest BCUT2D eigenvalue weighted by Gasteiger charge is 2.07. The van der Waals surface area contributed by atoms with Crippen molar-refractivity contribution in [1.82, 2.24) is 4.98 Å². The lowest BCUT2D eigenvalue weighted by atomic mass is 9.95. The van der Waals surface area contributed by atoms with Gasteiger partial charge in [-0.15, -0.1) is 11.3 Å². The van der Waals surface area contributed by atoms with E-state index < -0.39 is 0 Å². The largest absolute Gasteiger partial charge is 0.326 e. The molecule has 0 aliphatic heterocycles. The lowest BCUT2D eigenvalue weighted by Gasteiger charge is -2.11. The minimum absolute atomic E-state index is 0.597. The predicted molar refractivity (Wildman–Crippen MR) is 74.0 cm³/mol. The Bertz CT molecular complexity index is 475. The molecule has 0 aliphatic rings. The molecule has 17 heavy (non-hydrogen) atoms. The van der Waals surface area contributed by atoms with E-state index in [1.165, 1.54) is 16.7 Å². The molecule has 0 bridgehead atoms. The lowest BCUT2D eigenvalue weighted by Crippen LogP contribution is -2.04. The molecule has 2 aromatic rings. The molecule has 0 saturated heterocycles. The van der Waals surface area contributed by atoms with Crippen LogP contribution in [0.5, 0.6) is 0 Å². The monoisotopic (exact) mass is 246 g/mol. The predicted octanol–water partition coefficient (Wildman–Crippen LogP) is 3.47. The highest BCUT2D eigenvalue weighted by atomic mass is 32.1. The number of thiazole rings is 1. The molecule has 3 heteroatoms. The van der Waals surface area contributed by atoms with Gasteiger partial charge in [0.2, 0.25) is 0 Å². The van der Waals surface area contributed by atoms with E-state index in [0.717, 1.165) is 12.1 Å². The third-order valence-corrected chi connectivity index (χ3v) is 3.37. The first-order valence-electron chi connectivity index (χ1n) is 5.91. The van der Waals surface area contributed by atoms with Gasteiger partial charge in [-0.05, 0) is 29.5 Å². The van der Waals surface area contributed by atoms with E-state index in [0.29, 0.717) is 12.5 Å². The minimum Gasteiger partial charge on any atom is -0.326 e. The quantitative estimate of drug-likeness (QED) is 0.897. The fourth-order valence-electron chi connectivity index (χ4n) is 1.97. The second-order valence-corrected chi connectivity index (χ2v) is 5.38. The molecule has 2 N–H and O–H groups in total. The van der Waals surface area contributed by atoms with Crippen molar-refractivity contribution in [3.63, 3.8) is 0 Å². The summed E-state index contributed by atoms with van der Waals surface area (Å²) in [6.45, 7) is 5.06. The second-order valence-electron chi connectivity index (χ2n) is 4.66. The third-order valence-electron chi connectivity index (χ3n) is 2.78. The summed E-state index contributed by atoms with van der Waals surface area (Å²) < 4.78 is 0. The standard InChI is InChI=1S/C14H18N2S/c1-10(2)5-11-3-4-12(6-13(11)7-15)14-8-17-9-16-14/h3-4,6,8-10H,5,7,15H2,1-2H3. The molecule has 0 amide bonds. The summed E-state index contributed by atoms with van der Waals surface area (Å²) in [4.78, 5) is 4.33. The fraction of sp³-hybridized carbons (Fsp3) is 0.357. The zero-order valence-corrected chi connectivity index (χ0v) is 11.1. The van der Waals surface area contributed by atoms with Crippen molar-refractivity contribution in [3.8, 4) is 11.3 Å². The van der Waals surface area contributed by atoms with E-state index in [2.05, 4.69) is 42.4 Å². The van der Waals surface area contributed by atoms with Crippen molar-refractivity contribution in [3.05, 3.63) is 40.2 Å². The molecule has 0 aliphatic carbocycles. The SMILES string of the molecule is CC(C)Cc1ccc(-c2cscn2)cc1CN. The summed E-state index contributed by atoms with van der Waals surface area (Å²) in [5.74, 6) is 0.658. The summed E-state index contributed by atoms with van der Waals surface area (Å²) in [6.07, 6.45) is 1.09. The number of nitrogens with two attached hydrogens (primary N) is 1. The van der Waals surface area contributed by atoms with E-state index >= 15 is 0 Å². The number of hydrogen-bond donors (Lipinski definition) is 1. The lowest BCUT2D eigenvalue weighted by molar-refractivity contribution is 0.643. The number of aromatic nitrogens is 1. The van der Waals surface area contributed by atoms with Crippen molar-refractivity contribution in [2.45, 2.75) is 26.8 Å². The molecule has 1 aromatic heterocycles. The van der Waals surface area contributed by atoms with Crippen molar-refractivity contribution in [2.75, 3.05) is 0 Å². The number of nitrogens with zero attached hydrogens (tertiary/aromatic N) is 1. The van der Waals surface area contributed by atoms with Crippen molar-refractivity contribution in [2.24, 2.45) is 11.7 Å². The molecule has 1 heterocycles. The van der Waals surface area contributed by atoms with Crippen LogP contribution in [0.3, 0.4) is 0 Å². The smallest absolute Gasteiger partial charge is 0.0811 e. The van der Waals surface area contributed by atoms with Gasteiger partial charge in [0.05, 0.1) is 11.2 Å². The molecular formula is C14H18N2S. The maximum atomic E-state index is 5.83. The molecule has 2 rings (SSSR count). The van der Waals surface area contributed by atoms with Crippen molar-refractivity contribution >= 4 is 11.3 Å². The van der Waals surface area contributed by atoms with E-state index in [-0.39, 0.29) is 0 Å². The third kappa shape index (κ3) is 2.93. The van der Waals surface area contributed by atoms with Crippen LogP contribution in [0.4, 0.5) is 0 Å². The Labute approximate surface area is 107 Å². The Morgan fingerprint density at radius 2 is 2.12 bits per heavy atom. The van der Waals surface area contributed by atoms with Gasteiger partial charge >= 0.3 is 0 Å². The Balaban J connectivity index is 2.34. The number of rotatable bonds is 4. The number of hydrogen-bond acceptors (Lipinski definition) is 3. The molecule has 0 unspecified atom stereocenters. The minimum atomic E-state index is 0.597. The summed E-state index contributed by atoms with van der Waals surface area (Å²) in [6, 6.07) is 6.51. The van der Waals surface area contributed by atoms with Crippen molar-refractivity contribution < 1.29 is 0 Å². The average Bonchev–Trinajstić information content (AvgIpc) is 2.82. The first-order valence-corrected chi connectivity index (χ1v) is 6.85. The Morgan fingerprint density at radius 1 is 1.29 bits per heavy atom. The first-order chi connectivity index (χ1) is 8.20. The molecule has 0 spiro atoms. The van der Waals surface area contributed by atoms with Gasteiger partial charge in [-0.25, -0.2) is 4.98 Å². The molecule has 90 valence electrons. The molecule has 0 atom stereocenters. The Kier molecular flexibility index (Phi) is 3.92. The van der Waals surface area contributed by atoms with Gasteiger partial charge < -0.3 is 5.73 Å². The second kappa shape index (κ2) is 5.43. The van der Waals surface area contributed by atoms with Gasteiger partial charge in [0.15, 0.2) is 0 Å². The summed E-state index contributed by atoms with van der Waals surface area (Å²) in [5.41, 5.74) is 12.5. The highest BCUT2D eigenvalue weighted by Crippen LogP contribution is 2.23. The van der Waals surface area contributed by atoms with Crippen molar-refractivity contribution in [1.29, 1.82) is 0 Å². The van der Waals surface area contributed by atoms with E-state index in [4.69, 9.17) is 5.73 Å². The summed E-state index contributed by atoms with van der Waals surface area (Å²) >= 11 is 1.62. The molecule has 0 fully saturated rings. The van der Waals surface area contributed by atoms with Crippen LogP contribution in [0.25, 0.3) is 11.3 Å². The Morgan fingerprint density at radius 3 is 2.71 bits per heavy atom. The fourth-order valence-corrected chi connectivity index (χ4v) is 2.53. The van der Waals surface area contributed by atoms with Crippen LogP contribution < -0.4 is 5.73 Å². The van der Waals surface area contributed by atoms with Gasteiger partial charge in [0, 0.05) is 17.5 Å². The zero-order chi connectivity index (χ0) is 12.3. The van der Waals surface area contributed by atoms with Gasteiger partial charge in [-0.1, -0.05) is 26.0 Å². The Hall–Kier alpha value is -1.19. The summed E-state index contributed by atoms with van der Waals surface area (Å²) in [5, 5.41) is 2.07. The molecular weight excluding hydrogens is 228 g/mol. The average molecular weight is 246 g/mol. The topological polar surface area (TPSA) is 38.9 Å². The van der Waals surface area contributed by atoms with Gasteiger partial charge in [0.1, 0.15) is 0 Å². The van der Waals surface area contributed by atoms with Crippen LogP contribution in [0.2, 0.25) is 0 Å². The van der Waals surface area contributed by atoms with E-state index in [9.17, 15) is 0 Å². The molecule has 2 nitrogen and oxygen atoms in total. The van der Waals surface area contributed by atoms with E-state index in [1.807, 2.05) is 5.51 Å². The van der Waals surface area contributed by atoms with Crippen LogP contribution in [0.15, 0.2) is 29.1 Å². The number of benzene rings is 1. The van der Waals surface area contributed by atoms with Crippen LogP contribution in [0.1, 0.15) is 25.0 Å². The van der Waals surface area contributed by atoms with Crippen LogP contribution in [0, 0.1) is 5.92 Å². The van der Waals surface area contributed by atoms with Crippen LogP contribution in [-0.4, -0.2) is 4.98 Å². The normalized spacial score (nSPS) is 11.1. The van der Waals surface area contributed by atoms with Gasteiger partial charge in [-0.3, -0.25) is 0 Å². The molecule has 1 aromatic carbocycles. The van der Waals surface area contributed by atoms with Gasteiger partial charge in [-0.2, -0.15) is 0 Å². The highest BCUT2D eigenvalue weighted by molar-refractivity contribution is 7.07. The van der Waals surface area contributed by atoms with E-state index in [1.54, 1.807) is 11.3 Å². The molecule has 0 radical (unpaired) electrons. The maximum absolute atomic E-state index is 5.83. The maximum Gasteiger partial charge on any atom is 0.0811 e. The summed E-state index contributed by atoms with van der Waals surface area (Å²) in [7, 11) is 0. The van der Waals surface area contributed by atoms with Crippen LogP contribution in [-0.2, 0) is 13.0 Å².